The summed E-state index contributed by atoms with van der Waals surface area (Å²) in [6.45, 7) is 0.805. The molecular weight excluding hydrogens is 288 g/mol. The van der Waals surface area contributed by atoms with E-state index in [2.05, 4.69) is 40.0 Å². The molecule has 0 amide bonds. The standard InChI is InChI=1S/C19H20N2O2/c1-22-18-7-3-15(4-8-18)11-17-13-21(14-20-17)12-16-5-9-19(23-2)10-6-16/h3-10,13-14H,11-12H2,1-2H3. The highest BCUT2D eigenvalue weighted by atomic mass is 16.5. The second kappa shape index (κ2) is 7.01. The van der Waals surface area contributed by atoms with E-state index < -0.39 is 0 Å². The third-order valence-electron chi connectivity index (χ3n) is 3.76. The molecule has 0 spiro atoms. The number of methoxy groups -OCH3 is 2. The summed E-state index contributed by atoms with van der Waals surface area (Å²) in [7, 11) is 3.35. The summed E-state index contributed by atoms with van der Waals surface area (Å²) in [4.78, 5) is 4.49. The van der Waals surface area contributed by atoms with Gasteiger partial charge in [0.05, 0.1) is 26.2 Å². The van der Waals surface area contributed by atoms with Crippen molar-refractivity contribution in [2.45, 2.75) is 13.0 Å². The van der Waals surface area contributed by atoms with Crippen LogP contribution in [0, 0.1) is 0 Å². The van der Waals surface area contributed by atoms with Crippen molar-refractivity contribution in [3.63, 3.8) is 0 Å². The first-order chi connectivity index (χ1) is 11.3. The first-order valence-electron chi connectivity index (χ1n) is 7.53. The molecule has 0 unspecified atom stereocenters. The Morgan fingerprint density at radius 1 is 0.826 bits per heavy atom. The summed E-state index contributed by atoms with van der Waals surface area (Å²) in [6, 6.07) is 16.2. The molecule has 0 saturated carbocycles. The van der Waals surface area contributed by atoms with Crippen molar-refractivity contribution in [1.82, 2.24) is 9.55 Å². The van der Waals surface area contributed by atoms with Gasteiger partial charge in [-0.3, -0.25) is 0 Å². The van der Waals surface area contributed by atoms with Crippen LogP contribution in [0.5, 0.6) is 11.5 Å². The van der Waals surface area contributed by atoms with Crippen LogP contribution in [-0.2, 0) is 13.0 Å². The molecule has 0 bridgehead atoms. The van der Waals surface area contributed by atoms with Gasteiger partial charge >= 0.3 is 0 Å². The molecule has 0 N–H and O–H groups in total. The quantitative estimate of drug-likeness (QED) is 0.699. The summed E-state index contributed by atoms with van der Waals surface area (Å²) < 4.78 is 12.5. The van der Waals surface area contributed by atoms with Crippen LogP contribution in [0.2, 0.25) is 0 Å². The lowest BCUT2D eigenvalue weighted by atomic mass is 10.1. The van der Waals surface area contributed by atoms with E-state index in [1.807, 2.05) is 30.6 Å². The van der Waals surface area contributed by atoms with Crippen LogP contribution in [0.1, 0.15) is 16.8 Å². The first kappa shape index (κ1) is 15.2. The number of aromatic nitrogens is 2. The third-order valence-corrected chi connectivity index (χ3v) is 3.76. The number of ether oxygens (including phenoxy) is 2. The van der Waals surface area contributed by atoms with Gasteiger partial charge in [0, 0.05) is 19.2 Å². The minimum atomic E-state index is 0.805. The Kier molecular flexibility index (Phi) is 4.62. The molecule has 1 heterocycles. The SMILES string of the molecule is COc1ccc(Cc2cn(Cc3ccc(OC)cc3)cn2)cc1. The smallest absolute Gasteiger partial charge is 0.118 e. The molecule has 23 heavy (non-hydrogen) atoms. The van der Waals surface area contributed by atoms with E-state index in [0.29, 0.717) is 0 Å². The van der Waals surface area contributed by atoms with Crippen LogP contribution in [0.3, 0.4) is 0 Å². The van der Waals surface area contributed by atoms with Gasteiger partial charge in [0.2, 0.25) is 0 Å². The molecule has 1 aromatic heterocycles. The second-order valence-electron chi connectivity index (χ2n) is 5.41. The minimum absolute atomic E-state index is 0.805. The van der Waals surface area contributed by atoms with Crippen LogP contribution < -0.4 is 9.47 Å². The fourth-order valence-electron chi connectivity index (χ4n) is 2.48. The van der Waals surface area contributed by atoms with E-state index in [1.165, 1.54) is 11.1 Å². The van der Waals surface area contributed by atoms with Crippen molar-refractivity contribution in [1.29, 1.82) is 0 Å². The topological polar surface area (TPSA) is 36.3 Å². The predicted molar refractivity (Wildman–Crippen MR) is 90.1 cm³/mol. The molecule has 0 fully saturated rings. The number of hydrogen-bond donors (Lipinski definition) is 0. The highest BCUT2D eigenvalue weighted by molar-refractivity contribution is 5.30. The van der Waals surface area contributed by atoms with Gasteiger partial charge in [-0.15, -0.1) is 0 Å². The van der Waals surface area contributed by atoms with Crippen molar-refractivity contribution in [3.8, 4) is 11.5 Å². The molecule has 0 aliphatic carbocycles. The fraction of sp³-hybridized carbons (Fsp3) is 0.211. The van der Waals surface area contributed by atoms with Crippen molar-refractivity contribution < 1.29 is 9.47 Å². The Balaban J connectivity index is 1.64. The van der Waals surface area contributed by atoms with Crippen molar-refractivity contribution in [2.24, 2.45) is 0 Å². The Morgan fingerprint density at radius 2 is 1.39 bits per heavy atom. The molecule has 2 aromatic carbocycles. The van der Waals surface area contributed by atoms with Crippen LogP contribution in [0.4, 0.5) is 0 Å². The van der Waals surface area contributed by atoms with Gasteiger partial charge in [0.15, 0.2) is 0 Å². The van der Waals surface area contributed by atoms with E-state index in [-0.39, 0.29) is 0 Å². The number of imidazole rings is 1. The third kappa shape index (κ3) is 3.92. The van der Waals surface area contributed by atoms with Gasteiger partial charge in [-0.05, 0) is 35.4 Å². The minimum Gasteiger partial charge on any atom is -0.497 e. The van der Waals surface area contributed by atoms with Crippen LogP contribution in [0.25, 0.3) is 0 Å². The molecule has 118 valence electrons. The molecule has 4 heteroatoms. The van der Waals surface area contributed by atoms with Crippen LogP contribution >= 0.6 is 0 Å². The predicted octanol–water partition coefficient (Wildman–Crippen LogP) is 3.54. The van der Waals surface area contributed by atoms with E-state index in [0.717, 1.165) is 30.2 Å². The lowest BCUT2D eigenvalue weighted by molar-refractivity contribution is 0.414. The summed E-state index contributed by atoms with van der Waals surface area (Å²) in [6.07, 6.45) is 4.79. The van der Waals surface area contributed by atoms with Crippen molar-refractivity contribution in [3.05, 3.63) is 77.9 Å². The first-order valence-corrected chi connectivity index (χ1v) is 7.53. The molecule has 3 aromatic rings. The summed E-state index contributed by atoms with van der Waals surface area (Å²) >= 11 is 0. The molecule has 0 aliphatic heterocycles. The Bertz CT molecular complexity index is 682. The average molecular weight is 308 g/mol. The highest BCUT2D eigenvalue weighted by Gasteiger charge is 2.03. The molecule has 0 aliphatic rings. The zero-order valence-electron chi connectivity index (χ0n) is 13.4. The molecule has 0 radical (unpaired) electrons. The van der Waals surface area contributed by atoms with Crippen molar-refractivity contribution >= 4 is 0 Å². The maximum atomic E-state index is 5.18. The summed E-state index contributed by atoms with van der Waals surface area (Å²) in [5.74, 6) is 1.75. The van der Waals surface area contributed by atoms with Gasteiger partial charge in [-0.1, -0.05) is 24.3 Å². The van der Waals surface area contributed by atoms with Crippen LogP contribution in [0.15, 0.2) is 61.1 Å². The lowest BCUT2D eigenvalue weighted by Gasteiger charge is -2.04. The lowest BCUT2D eigenvalue weighted by Crippen LogP contribution is -1.96. The van der Waals surface area contributed by atoms with E-state index >= 15 is 0 Å². The molecule has 0 saturated heterocycles. The molecule has 0 atom stereocenters. The largest absolute Gasteiger partial charge is 0.497 e. The zero-order chi connectivity index (χ0) is 16.1. The molecular formula is C19H20N2O2. The number of hydrogen-bond acceptors (Lipinski definition) is 3. The number of nitrogens with zero attached hydrogens (tertiary/aromatic N) is 2. The Morgan fingerprint density at radius 3 is 1.96 bits per heavy atom. The molecule has 4 nitrogen and oxygen atoms in total. The van der Waals surface area contributed by atoms with Gasteiger partial charge in [-0.25, -0.2) is 4.98 Å². The van der Waals surface area contributed by atoms with Gasteiger partial charge < -0.3 is 14.0 Å². The summed E-state index contributed by atoms with van der Waals surface area (Å²) in [5.41, 5.74) is 3.50. The fourth-order valence-corrected chi connectivity index (χ4v) is 2.48. The number of rotatable bonds is 6. The van der Waals surface area contributed by atoms with E-state index in [4.69, 9.17) is 9.47 Å². The van der Waals surface area contributed by atoms with Crippen LogP contribution in [-0.4, -0.2) is 23.8 Å². The summed E-state index contributed by atoms with van der Waals surface area (Å²) in [5, 5.41) is 0. The zero-order valence-corrected chi connectivity index (χ0v) is 13.4. The molecule has 3 rings (SSSR count). The van der Waals surface area contributed by atoms with Gasteiger partial charge in [-0.2, -0.15) is 0 Å². The number of benzene rings is 2. The average Bonchev–Trinajstić information content (AvgIpc) is 3.03. The van der Waals surface area contributed by atoms with E-state index in [9.17, 15) is 0 Å². The monoisotopic (exact) mass is 308 g/mol. The normalized spacial score (nSPS) is 10.5. The van der Waals surface area contributed by atoms with Crippen molar-refractivity contribution in [2.75, 3.05) is 14.2 Å². The highest BCUT2D eigenvalue weighted by Crippen LogP contribution is 2.15. The second-order valence-corrected chi connectivity index (χ2v) is 5.41. The van der Waals surface area contributed by atoms with E-state index in [1.54, 1.807) is 14.2 Å². The van der Waals surface area contributed by atoms with Gasteiger partial charge in [0.1, 0.15) is 11.5 Å². The van der Waals surface area contributed by atoms with Gasteiger partial charge in [0.25, 0.3) is 0 Å². The Labute approximate surface area is 136 Å². The maximum Gasteiger partial charge on any atom is 0.118 e. The maximum absolute atomic E-state index is 5.18. The Hall–Kier alpha value is -2.75.